The molecule has 94 valence electrons. The van der Waals surface area contributed by atoms with Gasteiger partial charge >= 0.3 is 12.1 Å². The fourth-order valence-corrected chi connectivity index (χ4v) is 1.21. The van der Waals surface area contributed by atoms with Crippen molar-refractivity contribution in [2.24, 2.45) is 23.2 Å². The van der Waals surface area contributed by atoms with Gasteiger partial charge in [-0.1, -0.05) is 0 Å². The van der Waals surface area contributed by atoms with E-state index in [2.05, 4.69) is 0 Å². The third kappa shape index (κ3) is 4.32. The third-order valence-electron chi connectivity index (χ3n) is 2.36. The Morgan fingerprint density at radius 2 is 1.62 bits per heavy atom. The lowest BCUT2D eigenvalue weighted by atomic mass is 9.98. The van der Waals surface area contributed by atoms with E-state index >= 15 is 0 Å². The zero-order valence-electron chi connectivity index (χ0n) is 9.64. The third-order valence-corrected chi connectivity index (χ3v) is 2.36. The molecule has 0 aliphatic heterocycles. The molecular formula is C8H20N6O2. The highest BCUT2D eigenvalue weighted by Crippen LogP contribution is 2.17. The zero-order chi connectivity index (χ0) is 12.9. The maximum absolute atomic E-state index is 10.9. The Bertz CT molecular complexity index is 267. The van der Waals surface area contributed by atoms with Crippen molar-refractivity contribution in [2.45, 2.75) is 32.2 Å². The van der Waals surface area contributed by atoms with Crippen LogP contribution in [0.5, 0.6) is 0 Å². The molecule has 0 aliphatic carbocycles. The molecule has 0 heterocycles. The summed E-state index contributed by atoms with van der Waals surface area (Å²) in [5.74, 6) is 10.8. The molecule has 8 heteroatoms. The Hall–Kier alpha value is -1.54. The normalized spacial score (nSPS) is 11.0. The quantitative estimate of drug-likeness (QED) is 0.275. The minimum Gasteiger partial charge on any atom is -0.350 e. The smallest absolute Gasteiger partial charge is 0.329 e. The van der Waals surface area contributed by atoms with Crippen molar-refractivity contribution >= 4 is 12.1 Å². The van der Waals surface area contributed by atoms with Gasteiger partial charge in [-0.3, -0.25) is 10.0 Å². The van der Waals surface area contributed by atoms with Gasteiger partial charge in [-0.15, -0.1) is 0 Å². The molecule has 0 aromatic carbocycles. The lowest BCUT2D eigenvalue weighted by Crippen LogP contribution is -2.55. The Morgan fingerprint density at radius 1 is 1.12 bits per heavy atom. The van der Waals surface area contributed by atoms with Gasteiger partial charge in [0.2, 0.25) is 0 Å². The summed E-state index contributed by atoms with van der Waals surface area (Å²) in [7, 11) is 0. The number of primary amides is 2. The summed E-state index contributed by atoms with van der Waals surface area (Å²) >= 11 is 0. The fraction of sp³-hybridized carbons (Fsp3) is 0.750. The summed E-state index contributed by atoms with van der Waals surface area (Å²) in [5, 5.41) is 1.86. The van der Waals surface area contributed by atoms with Crippen LogP contribution in [0, 0.1) is 0 Å². The van der Waals surface area contributed by atoms with E-state index in [0.717, 1.165) is 10.0 Å². The molecule has 0 spiro atoms. The molecule has 16 heavy (non-hydrogen) atoms. The van der Waals surface area contributed by atoms with Crippen LogP contribution >= 0.6 is 0 Å². The average Bonchev–Trinajstić information content (AvgIpc) is 2.15. The minimum absolute atomic E-state index is 0.297. The number of nitrogens with zero attached hydrogens (tertiary/aromatic N) is 2. The van der Waals surface area contributed by atoms with Crippen molar-refractivity contribution in [1.82, 2.24) is 10.0 Å². The molecule has 8 nitrogen and oxygen atoms in total. The van der Waals surface area contributed by atoms with E-state index in [9.17, 15) is 9.59 Å². The number of carbonyl (C=O) groups is 2. The van der Waals surface area contributed by atoms with Gasteiger partial charge in [-0.05, 0) is 26.7 Å². The van der Waals surface area contributed by atoms with Gasteiger partial charge in [0.25, 0.3) is 0 Å². The number of carbonyl (C=O) groups excluding carboxylic acids is 2. The molecule has 0 aromatic rings. The molecule has 0 atom stereocenters. The van der Waals surface area contributed by atoms with Crippen LogP contribution in [0.25, 0.3) is 0 Å². The van der Waals surface area contributed by atoms with Crippen LogP contribution in [0.2, 0.25) is 0 Å². The van der Waals surface area contributed by atoms with Gasteiger partial charge < -0.3 is 11.5 Å². The minimum atomic E-state index is -0.704. The van der Waals surface area contributed by atoms with Gasteiger partial charge in [0.15, 0.2) is 0 Å². The molecular weight excluding hydrogens is 212 g/mol. The highest BCUT2D eigenvalue weighted by Gasteiger charge is 2.26. The van der Waals surface area contributed by atoms with Gasteiger partial charge in [0.05, 0.1) is 5.54 Å². The maximum atomic E-state index is 10.9. The van der Waals surface area contributed by atoms with E-state index in [0.29, 0.717) is 19.4 Å². The number of hydrogen-bond acceptors (Lipinski definition) is 4. The van der Waals surface area contributed by atoms with Gasteiger partial charge in [0.1, 0.15) is 0 Å². The SMILES string of the molecule is CC(C)(CCCN(N)C(N)=O)N(N)C(N)=O. The first kappa shape index (κ1) is 14.5. The van der Waals surface area contributed by atoms with Crippen molar-refractivity contribution in [1.29, 1.82) is 0 Å². The second-order valence-electron chi connectivity index (χ2n) is 4.16. The topological polar surface area (TPSA) is 145 Å². The van der Waals surface area contributed by atoms with E-state index in [4.69, 9.17) is 23.2 Å². The van der Waals surface area contributed by atoms with Crippen LogP contribution in [0.1, 0.15) is 26.7 Å². The Labute approximate surface area is 94.4 Å². The second kappa shape index (κ2) is 5.52. The molecule has 0 bridgehead atoms. The van der Waals surface area contributed by atoms with E-state index < -0.39 is 17.6 Å². The number of nitrogens with two attached hydrogens (primary N) is 4. The number of urea groups is 2. The summed E-state index contributed by atoms with van der Waals surface area (Å²) in [4.78, 5) is 21.5. The summed E-state index contributed by atoms with van der Waals surface area (Å²) in [6, 6.07) is -1.40. The number of hydrogen-bond donors (Lipinski definition) is 4. The number of rotatable bonds is 5. The first-order valence-corrected chi connectivity index (χ1v) is 4.84. The lowest BCUT2D eigenvalue weighted by molar-refractivity contribution is 0.131. The van der Waals surface area contributed by atoms with Gasteiger partial charge in [0, 0.05) is 6.54 Å². The van der Waals surface area contributed by atoms with Crippen LogP contribution in [0.15, 0.2) is 0 Å². The van der Waals surface area contributed by atoms with Gasteiger partial charge in [-0.2, -0.15) is 0 Å². The van der Waals surface area contributed by atoms with Crippen molar-refractivity contribution in [3.05, 3.63) is 0 Å². The molecule has 0 saturated heterocycles. The van der Waals surface area contributed by atoms with Crippen molar-refractivity contribution in [3.63, 3.8) is 0 Å². The predicted molar refractivity (Wildman–Crippen MR) is 59.4 cm³/mol. The van der Waals surface area contributed by atoms with Crippen molar-refractivity contribution in [2.75, 3.05) is 6.54 Å². The van der Waals surface area contributed by atoms with Crippen LogP contribution in [0.3, 0.4) is 0 Å². The highest BCUT2D eigenvalue weighted by atomic mass is 16.2. The summed E-state index contributed by atoms with van der Waals surface area (Å²) < 4.78 is 0. The largest absolute Gasteiger partial charge is 0.350 e. The van der Waals surface area contributed by atoms with Crippen LogP contribution < -0.4 is 23.2 Å². The first-order chi connectivity index (χ1) is 7.18. The zero-order valence-corrected chi connectivity index (χ0v) is 9.64. The summed E-state index contributed by atoms with van der Waals surface area (Å²) in [6.07, 6.45) is 1.11. The molecule has 0 radical (unpaired) electrons. The fourth-order valence-electron chi connectivity index (χ4n) is 1.21. The van der Waals surface area contributed by atoms with Gasteiger partial charge in [-0.25, -0.2) is 21.3 Å². The molecule has 0 aromatic heterocycles. The summed E-state index contributed by atoms with van der Waals surface area (Å²) in [6.45, 7) is 3.83. The molecule has 0 rings (SSSR count). The van der Waals surface area contributed by atoms with Crippen LogP contribution in [0.4, 0.5) is 9.59 Å². The second-order valence-corrected chi connectivity index (χ2v) is 4.16. The van der Waals surface area contributed by atoms with Crippen molar-refractivity contribution in [3.8, 4) is 0 Å². The van der Waals surface area contributed by atoms with E-state index in [-0.39, 0.29) is 0 Å². The van der Waals surface area contributed by atoms with E-state index in [1.807, 2.05) is 0 Å². The number of amides is 4. The number of hydrazine groups is 2. The Kier molecular flexibility index (Phi) is 4.99. The predicted octanol–water partition coefficient (Wildman–Crippen LogP) is -0.946. The monoisotopic (exact) mass is 232 g/mol. The average molecular weight is 232 g/mol. The molecule has 4 amide bonds. The van der Waals surface area contributed by atoms with Crippen molar-refractivity contribution < 1.29 is 9.59 Å². The standard InChI is InChI=1S/C8H20N6O2/c1-8(2,14(12)7(10)16)4-3-5-13(11)6(9)15/h3-5,11-12H2,1-2H3,(H2,9,15)(H2,10,16). The maximum Gasteiger partial charge on any atom is 0.329 e. The van der Waals surface area contributed by atoms with E-state index in [1.54, 1.807) is 13.8 Å². The van der Waals surface area contributed by atoms with E-state index in [1.165, 1.54) is 0 Å². The molecule has 0 saturated carbocycles. The van der Waals surface area contributed by atoms with Crippen LogP contribution in [-0.4, -0.2) is 34.2 Å². The highest BCUT2D eigenvalue weighted by molar-refractivity contribution is 5.72. The van der Waals surface area contributed by atoms with Crippen LogP contribution in [-0.2, 0) is 0 Å². The lowest BCUT2D eigenvalue weighted by Gasteiger charge is -2.33. The molecule has 8 N–H and O–H groups in total. The first-order valence-electron chi connectivity index (χ1n) is 4.84. The molecule has 0 aliphatic rings. The Balaban J connectivity index is 4.09. The Morgan fingerprint density at radius 3 is 2.00 bits per heavy atom. The molecule has 0 fully saturated rings. The summed E-state index contributed by atoms with van der Waals surface area (Å²) in [5.41, 5.74) is 9.41. The molecule has 0 unspecified atom stereocenters.